The zero-order valence-electron chi connectivity index (χ0n) is 22.9. The minimum Gasteiger partial charge on any atom is -0.458 e. The Morgan fingerprint density at radius 2 is 1.89 bits per heavy atom. The Labute approximate surface area is 229 Å². The van der Waals surface area contributed by atoms with Crippen LogP contribution in [0.15, 0.2) is 23.8 Å². The molecule has 0 spiro atoms. The minimum absolute atomic E-state index is 0.0840. The van der Waals surface area contributed by atoms with Gasteiger partial charge < -0.3 is 19.3 Å². The lowest BCUT2D eigenvalue weighted by atomic mass is 9.45. The normalized spacial score (nSPS) is 41.3. The molecule has 1 N–H and O–H groups in total. The summed E-state index contributed by atoms with van der Waals surface area (Å²) < 4.78 is 16.4. The second kappa shape index (κ2) is 10.1. The number of hydrogen-bond donors (Lipinski definition) is 1. The number of allylic oxidation sites excluding steroid dienone is 4. The number of aliphatic hydroxyl groups is 1. The van der Waals surface area contributed by atoms with Crippen LogP contribution in [0.2, 0.25) is 0 Å². The van der Waals surface area contributed by atoms with Crippen molar-refractivity contribution in [3.8, 4) is 0 Å². The van der Waals surface area contributed by atoms with Crippen molar-refractivity contribution in [2.24, 2.45) is 28.6 Å². The summed E-state index contributed by atoms with van der Waals surface area (Å²) in [6.45, 7) is 8.48. The van der Waals surface area contributed by atoms with Gasteiger partial charge in [0.1, 0.15) is 0 Å². The number of ketones is 2. The number of esters is 1. The molecule has 3 saturated carbocycles. The summed E-state index contributed by atoms with van der Waals surface area (Å²) in [6, 6.07) is 0. The van der Waals surface area contributed by atoms with E-state index in [1.807, 2.05) is 33.8 Å². The second-order valence-electron chi connectivity index (χ2n) is 11.9. The summed E-state index contributed by atoms with van der Waals surface area (Å²) in [5.74, 6) is -2.11. The highest BCUT2D eigenvalue weighted by Crippen LogP contribution is 2.72. The number of carbonyl (C=O) groups excluding carboxylic acids is 4. The molecule has 0 heterocycles. The Balaban J connectivity index is 1.77. The monoisotopic (exact) mass is 550 g/mol. The van der Waals surface area contributed by atoms with Gasteiger partial charge in [-0.05, 0) is 56.1 Å². The Morgan fingerprint density at radius 1 is 1.18 bits per heavy atom. The number of Topliss-reactive ketones (excluding diaryl/α,β-unsaturated/α-hetero) is 1. The third-order valence-electron chi connectivity index (χ3n) is 9.96. The van der Waals surface area contributed by atoms with Crippen molar-refractivity contribution in [3.63, 3.8) is 0 Å². The molecule has 4 rings (SSSR count). The lowest BCUT2D eigenvalue weighted by Crippen LogP contribution is -2.69. The smallest absolute Gasteiger partial charge is 0.458 e. The zero-order chi connectivity index (χ0) is 28.1. The standard InChI is InChI=1S/C29H39ClO8/c1-6-7-12-36-25(35)38-29(24(34)16-37-18(3)31)17(2)13-22-21-9-8-19-14-20(32)10-11-26(19,4)28(21,30)23(33)15-27(22,29)5/h10-11,14,17,21-23,33H,6-9,12-13,15-16H2,1-5H3/t17-,21+,22+,23?,26+,27+,28+,29+/m1/s1. The number of halogens is 1. The number of rotatable bonds is 7. The van der Waals surface area contributed by atoms with Gasteiger partial charge in [0.2, 0.25) is 5.78 Å². The molecule has 0 amide bonds. The molecule has 8 nitrogen and oxygen atoms in total. The van der Waals surface area contributed by atoms with E-state index in [1.54, 1.807) is 6.08 Å². The molecular weight excluding hydrogens is 512 g/mol. The van der Waals surface area contributed by atoms with Crippen LogP contribution in [0, 0.1) is 28.6 Å². The quantitative estimate of drug-likeness (QED) is 0.275. The van der Waals surface area contributed by atoms with Crippen LogP contribution in [-0.4, -0.2) is 58.6 Å². The summed E-state index contributed by atoms with van der Waals surface area (Å²) in [5, 5.41) is 11.8. The van der Waals surface area contributed by atoms with Crippen LogP contribution in [0.25, 0.3) is 0 Å². The lowest BCUT2D eigenvalue weighted by molar-refractivity contribution is -0.187. The van der Waals surface area contributed by atoms with Crippen LogP contribution in [0.1, 0.15) is 73.1 Å². The van der Waals surface area contributed by atoms with Gasteiger partial charge in [-0.1, -0.05) is 45.8 Å². The molecule has 3 fully saturated rings. The molecule has 1 unspecified atom stereocenters. The summed E-state index contributed by atoms with van der Waals surface area (Å²) in [5.41, 5.74) is -2.52. The van der Waals surface area contributed by atoms with Gasteiger partial charge in [0.05, 0.1) is 17.6 Å². The van der Waals surface area contributed by atoms with Crippen molar-refractivity contribution in [1.82, 2.24) is 0 Å². The Kier molecular flexibility index (Phi) is 7.65. The van der Waals surface area contributed by atoms with Gasteiger partial charge in [-0.25, -0.2) is 4.79 Å². The van der Waals surface area contributed by atoms with Gasteiger partial charge in [0.25, 0.3) is 0 Å². The van der Waals surface area contributed by atoms with Crippen LogP contribution in [-0.2, 0) is 28.6 Å². The molecule has 0 aromatic heterocycles. The van der Waals surface area contributed by atoms with E-state index >= 15 is 0 Å². The molecule has 0 saturated heterocycles. The van der Waals surface area contributed by atoms with Crippen molar-refractivity contribution in [2.75, 3.05) is 13.2 Å². The van der Waals surface area contributed by atoms with E-state index in [9.17, 15) is 24.3 Å². The molecule has 0 aromatic rings. The fraction of sp³-hybridized carbons (Fsp3) is 0.724. The molecule has 9 heteroatoms. The minimum atomic E-state index is -1.68. The van der Waals surface area contributed by atoms with Gasteiger partial charge in [-0.15, -0.1) is 11.6 Å². The van der Waals surface area contributed by atoms with Crippen LogP contribution in [0.3, 0.4) is 0 Å². The van der Waals surface area contributed by atoms with E-state index < -0.39 is 57.8 Å². The van der Waals surface area contributed by atoms with Gasteiger partial charge in [-0.3, -0.25) is 14.4 Å². The molecule has 4 aliphatic carbocycles. The van der Waals surface area contributed by atoms with Crippen LogP contribution >= 0.6 is 11.6 Å². The van der Waals surface area contributed by atoms with Gasteiger partial charge >= 0.3 is 12.1 Å². The van der Waals surface area contributed by atoms with Crippen molar-refractivity contribution < 1.29 is 38.5 Å². The highest BCUT2D eigenvalue weighted by atomic mass is 35.5. The first-order valence-electron chi connectivity index (χ1n) is 13.6. The van der Waals surface area contributed by atoms with Gasteiger partial charge in [-0.2, -0.15) is 0 Å². The first-order valence-corrected chi connectivity index (χ1v) is 14.0. The number of aliphatic hydroxyl groups excluding tert-OH is 1. The summed E-state index contributed by atoms with van der Waals surface area (Å²) in [4.78, 5) is 49.5. The Hall–Kier alpha value is -2.19. The molecular formula is C29H39ClO8. The van der Waals surface area contributed by atoms with Crippen LogP contribution in [0.5, 0.6) is 0 Å². The summed E-state index contributed by atoms with van der Waals surface area (Å²) >= 11 is 7.49. The van der Waals surface area contributed by atoms with Crippen molar-refractivity contribution in [1.29, 1.82) is 0 Å². The topological polar surface area (TPSA) is 116 Å². The molecule has 8 atom stereocenters. The maximum absolute atomic E-state index is 13.9. The average molecular weight is 551 g/mol. The third kappa shape index (κ3) is 4.05. The van der Waals surface area contributed by atoms with E-state index in [0.29, 0.717) is 25.7 Å². The first-order chi connectivity index (χ1) is 17.8. The molecule has 0 bridgehead atoms. The number of carbonyl (C=O) groups is 4. The SMILES string of the molecule is CCCCOC(=O)O[C@]1(C(=O)COC(C)=O)[C@H](C)C[C@H]2[C@@H]3CCC4=CC(=O)C=C[C@]4(C)[C@@]3(Cl)C(O)C[C@@]21C. The van der Waals surface area contributed by atoms with Crippen LogP contribution in [0.4, 0.5) is 4.79 Å². The predicted octanol–water partition coefficient (Wildman–Crippen LogP) is 4.70. The molecule has 0 aliphatic heterocycles. The number of alkyl halides is 1. The molecule has 38 heavy (non-hydrogen) atoms. The Bertz CT molecular complexity index is 1080. The van der Waals surface area contributed by atoms with E-state index in [1.165, 1.54) is 13.0 Å². The fourth-order valence-electron chi connectivity index (χ4n) is 8.13. The summed E-state index contributed by atoms with van der Waals surface area (Å²) in [7, 11) is 0. The van der Waals surface area contributed by atoms with E-state index in [4.69, 9.17) is 25.8 Å². The average Bonchev–Trinajstić information content (AvgIpc) is 3.06. The second-order valence-corrected chi connectivity index (χ2v) is 12.5. The van der Waals surface area contributed by atoms with Crippen molar-refractivity contribution in [3.05, 3.63) is 23.8 Å². The molecule has 0 radical (unpaired) electrons. The maximum atomic E-state index is 13.9. The third-order valence-corrected chi connectivity index (χ3v) is 10.9. The zero-order valence-corrected chi connectivity index (χ0v) is 23.6. The number of hydrogen-bond acceptors (Lipinski definition) is 8. The van der Waals surface area contributed by atoms with E-state index in [0.717, 1.165) is 12.0 Å². The number of ether oxygens (including phenoxy) is 3. The highest BCUT2D eigenvalue weighted by molar-refractivity contribution is 6.26. The maximum Gasteiger partial charge on any atom is 0.509 e. The molecule has 4 aliphatic rings. The molecule has 210 valence electrons. The highest BCUT2D eigenvalue weighted by Gasteiger charge is 2.76. The number of fused-ring (bicyclic) bond motifs is 5. The first kappa shape index (κ1) is 28.8. The summed E-state index contributed by atoms with van der Waals surface area (Å²) in [6.07, 6.45) is 6.25. The van der Waals surface area contributed by atoms with Gasteiger partial charge in [0, 0.05) is 23.7 Å². The lowest BCUT2D eigenvalue weighted by Gasteiger charge is -2.64. The van der Waals surface area contributed by atoms with Crippen molar-refractivity contribution in [2.45, 2.75) is 89.7 Å². The largest absolute Gasteiger partial charge is 0.509 e. The van der Waals surface area contributed by atoms with Gasteiger partial charge in [0.15, 0.2) is 18.0 Å². The number of unbranched alkanes of at least 4 members (excludes halogenated alkanes) is 1. The predicted molar refractivity (Wildman–Crippen MR) is 139 cm³/mol. The Morgan fingerprint density at radius 3 is 2.55 bits per heavy atom. The molecule has 0 aromatic carbocycles. The van der Waals surface area contributed by atoms with E-state index in [-0.39, 0.29) is 30.6 Å². The van der Waals surface area contributed by atoms with Crippen molar-refractivity contribution >= 4 is 35.3 Å². The fourth-order valence-corrected chi connectivity index (χ4v) is 8.66. The van der Waals surface area contributed by atoms with E-state index in [2.05, 4.69) is 0 Å². The van der Waals surface area contributed by atoms with Crippen LogP contribution < -0.4 is 0 Å².